The predicted molar refractivity (Wildman–Crippen MR) is 219 cm³/mol. The van der Waals surface area contributed by atoms with E-state index in [4.69, 9.17) is 0 Å². The van der Waals surface area contributed by atoms with Crippen molar-refractivity contribution in [3.8, 4) is 0 Å². The lowest BCUT2D eigenvalue weighted by Gasteiger charge is -2.61. The molecule has 2 fully saturated rings. The van der Waals surface area contributed by atoms with Gasteiger partial charge in [0.2, 0.25) is 0 Å². The van der Waals surface area contributed by atoms with Gasteiger partial charge >= 0.3 is 0 Å². The monoisotopic (exact) mass is 742 g/mol. The molecule has 4 aliphatic rings. The minimum Gasteiger partial charge on any atom is -0.396 e. The highest BCUT2D eigenvalue weighted by atomic mass is 16.3. The van der Waals surface area contributed by atoms with Crippen LogP contribution in [-0.2, 0) is 17.6 Å². The second kappa shape index (κ2) is 19.3. The predicted octanol–water partition coefficient (Wildman–Crippen LogP) is 5.15. The molecule has 0 amide bonds. The molecule has 9 atom stereocenters. The molecule has 1 aromatic rings. The molecule has 1 aliphatic heterocycles. The van der Waals surface area contributed by atoms with Crippen LogP contribution in [0.4, 0.5) is 0 Å². The summed E-state index contributed by atoms with van der Waals surface area (Å²) >= 11 is 0. The molecule has 3 aliphatic carbocycles. The van der Waals surface area contributed by atoms with Gasteiger partial charge in [0.25, 0.3) is 0 Å². The molecule has 0 aromatic heterocycles. The molecule has 1 aromatic carbocycles. The number of aliphatic hydroxyl groups excluding tert-OH is 3. The van der Waals surface area contributed by atoms with Crippen LogP contribution in [0.1, 0.15) is 69.9 Å². The van der Waals surface area contributed by atoms with E-state index in [1.807, 2.05) is 39.2 Å². The maximum atomic E-state index is 12.8. The summed E-state index contributed by atoms with van der Waals surface area (Å²) in [6, 6.07) is 9.35. The average Bonchev–Trinajstić information content (AvgIpc) is 3.51. The highest BCUT2D eigenvalue weighted by Crippen LogP contribution is 2.67. The van der Waals surface area contributed by atoms with E-state index < -0.39 is 17.1 Å². The first kappa shape index (κ1) is 42.2. The number of carbonyl (C=O) groups excluding carboxylic acids is 1. The minimum absolute atomic E-state index is 0.0271. The Hall–Kier alpha value is -2.95. The Balaban J connectivity index is 1.42. The second-order valence-electron chi connectivity index (χ2n) is 16.6. The lowest BCUT2D eigenvalue weighted by molar-refractivity contribution is -0.194. The number of carbonyl (C=O) groups is 1. The van der Waals surface area contributed by atoms with Crippen LogP contribution in [0.2, 0.25) is 0 Å². The summed E-state index contributed by atoms with van der Waals surface area (Å²) in [6.45, 7) is 10.7. The van der Waals surface area contributed by atoms with Gasteiger partial charge in [-0.25, -0.2) is 0 Å². The van der Waals surface area contributed by atoms with Crippen molar-refractivity contribution in [2.24, 2.45) is 35.0 Å². The van der Waals surface area contributed by atoms with E-state index in [0.717, 1.165) is 61.8 Å². The van der Waals surface area contributed by atoms with Crippen molar-refractivity contribution < 1.29 is 25.2 Å². The summed E-state index contributed by atoms with van der Waals surface area (Å²) < 4.78 is 0. The molecule has 8 nitrogen and oxygen atoms in total. The molecule has 296 valence electrons. The Morgan fingerprint density at radius 3 is 2.56 bits per heavy atom. The van der Waals surface area contributed by atoms with Gasteiger partial charge in [0, 0.05) is 36.4 Å². The summed E-state index contributed by atoms with van der Waals surface area (Å²) in [5.41, 5.74) is 5.17. The summed E-state index contributed by atoms with van der Waals surface area (Å²) in [6.07, 6.45) is 18.8. The van der Waals surface area contributed by atoms with Crippen LogP contribution in [0.15, 0.2) is 95.2 Å². The van der Waals surface area contributed by atoms with E-state index in [1.165, 1.54) is 16.7 Å². The molecule has 1 heterocycles. The number of hydrogen-bond donors (Lipinski definition) is 7. The Kier molecular flexibility index (Phi) is 15.1. The number of fused-ring (bicyclic) bond motifs is 5. The second-order valence-corrected chi connectivity index (χ2v) is 16.6. The van der Waals surface area contributed by atoms with E-state index in [9.17, 15) is 25.2 Å². The van der Waals surface area contributed by atoms with Crippen LogP contribution >= 0.6 is 0 Å². The first-order valence-electron chi connectivity index (χ1n) is 20.3. The van der Waals surface area contributed by atoms with Crippen molar-refractivity contribution in [1.82, 2.24) is 16.0 Å². The Labute approximate surface area is 324 Å². The van der Waals surface area contributed by atoms with Gasteiger partial charge in [-0.15, -0.1) is 0 Å². The van der Waals surface area contributed by atoms with Gasteiger partial charge in [-0.2, -0.15) is 0 Å². The molecule has 5 rings (SSSR count). The molecular weight excluding hydrogens is 675 g/mol. The molecular formula is C46H67N3O5. The highest BCUT2D eigenvalue weighted by molar-refractivity contribution is 5.74. The fourth-order valence-corrected chi connectivity index (χ4v) is 10.5. The van der Waals surface area contributed by atoms with Crippen LogP contribution in [0.25, 0.3) is 0 Å². The molecule has 2 saturated carbocycles. The van der Waals surface area contributed by atoms with Crippen LogP contribution in [0.3, 0.4) is 0 Å². The van der Waals surface area contributed by atoms with Crippen molar-refractivity contribution in [3.05, 3.63) is 106 Å². The first-order chi connectivity index (χ1) is 26.0. The standard InChI is InChI=1S/C46H67N3O5/c1-31-12-13-37(25-34-9-7-10-35(24-34)26-40(49-28-31)17-21-47-4)32(2)8-6-11-39(30-52)41-16-19-46(44(41)53)43-36(18-23-50)14-15-38(42(43)33(3)29-51)27-45(46,54)20-22-48-5/h6-12,14-15,24,29,36-38,40-41,43-44,47-50,52-54H,2,13,16-23,25-28,30H2,1,3-5H3/b8-6+,31-12+,39-11-,42-33?/t36-,37+,38-,40-,41-,43-,44+,45+,46+/m0/s1. The Morgan fingerprint density at radius 1 is 1.09 bits per heavy atom. The third kappa shape index (κ3) is 9.02. The van der Waals surface area contributed by atoms with E-state index in [1.54, 1.807) is 0 Å². The summed E-state index contributed by atoms with van der Waals surface area (Å²) in [5.74, 6) is -0.715. The summed E-state index contributed by atoms with van der Waals surface area (Å²) in [5, 5.41) is 56.5. The molecule has 0 radical (unpaired) electrons. The van der Waals surface area contributed by atoms with E-state index >= 15 is 0 Å². The zero-order chi connectivity index (χ0) is 38.9. The lowest BCUT2D eigenvalue weighted by Crippen LogP contribution is -2.65. The van der Waals surface area contributed by atoms with Crippen LogP contribution in [0, 0.1) is 35.0 Å². The number of aldehydes is 1. The fraction of sp³-hybridized carbons (Fsp3) is 0.587. The maximum absolute atomic E-state index is 12.8. The molecule has 8 heteroatoms. The number of nitrogens with one attached hydrogen (secondary N) is 3. The van der Waals surface area contributed by atoms with Crippen molar-refractivity contribution in [2.45, 2.75) is 89.4 Å². The minimum atomic E-state index is -1.21. The van der Waals surface area contributed by atoms with Gasteiger partial charge < -0.3 is 36.4 Å². The van der Waals surface area contributed by atoms with E-state index in [2.05, 4.69) is 71.9 Å². The van der Waals surface area contributed by atoms with Gasteiger partial charge in [0.05, 0.1) is 18.3 Å². The van der Waals surface area contributed by atoms with Crippen molar-refractivity contribution >= 4 is 6.29 Å². The quantitative estimate of drug-likeness (QED) is 0.0603. The lowest BCUT2D eigenvalue weighted by atomic mass is 9.45. The number of aliphatic hydroxyl groups is 4. The number of benzene rings is 1. The van der Waals surface area contributed by atoms with E-state index in [0.29, 0.717) is 50.3 Å². The van der Waals surface area contributed by atoms with Crippen molar-refractivity contribution in [2.75, 3.05) is 46.9 Å². The number of rotatable bonds is 14. The molecule has 0 saturated heterocycles. The zero-order valence-electron chi connectivity index (χ0n) is 33.2. The van der Waals surface area contributed by atoms with Crippen LogP contribution in [-0.4, -0.2) is 91.4 Å². The highest BCUT2D eigenvalue weighted by Gasteiger charge is 2.68. The van der Waals surface area contributed by atoms with Crippen LogP contribution < -0.4 is 16.0 Å². The van der Waals surface area contributed by atoms with Gasteiger partial charge in [-0.3, -0.25) is 4.79 Å². The Bertz CT molecular complexity index is 1610. The normalized spacial score (nSPS) is 35.0. The molecule has 1 spiro atoms. The molecule has 4 bridgehead atoms. The molecule has 7 N–H and O–H groups in total. The average molecular weight is 742 g/mol. The molecule has 54 heavy (non-hydrogen) atoms. The fourth-order valence-electron chi connectivity index (χ4n) is 10.5. The molecule has 0 unspecified atom stereocenters. The third-order valence-corrected chi connectivity index (χ3v) is 13.3. The first-order valence-corrected chi connectivity index (χ1v) is 20.3. The van der Waals surface area contributed by atoms with Crippen molar-refractivity contribution in [3.63, 3.8) is 0 Å². The number of hydrogen-bond acceptors (Lipinski definition) is 8. The SMILES string of the molecule is C=C(/C=C/C=C(/CO)[C@@H]1CC[C@]2([C@@H]1O)[C@@H]1C(=C(C)C=O)[C@@H](C=C[C@H]1CCO)C[C@]2(O)CCNC)[C@@H]1C/C=C(\C)CN[C@@H](CCNC)Cc2cccc(c2)C1. The van der Waals surface area contributed by atoms with Gasteiger partial charge in [-0.1, -0.05) is 84.0 Å². The van der Waals surface area contributed by atoms with Gasteiger partial charge in [-0.05, 0) is 139 Å². The smallest absolute Gasteiger partial charge is 0.145 e. The topological polar surface area (TPSA) is 134 Å². The van der Waals surface area contributed by atoms with Gasteiger partial charge in [0.1, 0.15) is 6.29 Å². The Morgan fingerprint density at radius 2 is 1.85 bits per heavy atom. The zero-order valence-corrected chi connectivity index (χ0v) is 33.2. The maximum Gasteiger partial charge on any atom is 0.145 e. The van der Waals surface area contributed by atoms with Gasteiger partial charge in [0.15, 0.2) is 0 Å². The number of allylic oxidation sites excluding steroid dienone is 9. The third-order valence-electron chi connectivity index (χ3n) is 13.3. The van der Waals surface area contributed by atoms with Crippen LogP contribution in [0.5, 0.6) is 0 Å². The van der Waals surface area contributed by atoms with E-state index in [-0.39, 0.29) is 42.8 Å². The summed E-state index contributed by atoms with van der Waals surface area (Å²) in [7, 11) is 3.87. The van der Waals surface area contributed by atoms with Crippen molar-refractivity contribution in [1.29, 1.82) is 0 Å². The largest absolute Gasteiger partial charge is 0.396 e. The summed E-state index contributed by atoms with van der Waals surface area (Å²) in [4.78, 5) is 12.3.